The van der Waals surface area contributed by atoms with E-state index in [1.807, 2.05) is 11.3 Å². The highest BCUT2D eigenvalue weighted by Gasteiger charge is 2.59. The van der Waals surface area contributed by atoms with Crippen molar-refractivity contribution in [2.75, 3.05) is 14.7 Å². The summed E-state index contributed by atoms with van der Waals surface area (Å²) in [4.78, 5) is 8.50. The van der Waals surface area contributed by atoms with E-state index in [0.29, 0.717) is 0 Å². The predicted molar refractivity (Wildman–Crippen MR) is 386 cm³/mol. The number of fused-ring (bicyclic) bond motifs is 13. The van der Waals surface area contributed by atoms with Crippen LogP contribution < -0.4 is 31.1 Å². The highest BCUT2D eigenvalue weighted by Crippen LogP contribution is 2.63. The summed E-state index contributed by atoms with van der Waals surface area (Å²) in [6.07, 6.45) is 11.7. The average molecular weight is 1190 g/mol. The number of benzene rings is 8. The highest BCUT2D eigenvalue weighted by molar-refractivity contribution is 7.25. The Morgan fingerprint density at radius 2 is 0.854 bits per heavy atom. The number of thiophene rings is 1. The van der Waals surface area contributed by atoms with E-state index in [2.05, 4.69) is 272 Å². The molecule has 0 saturated heterocycles. The minimum atomic E-state index is -0.196. The second-order valence-electron chi connectivity index (χ2n) is 34.4. The molecule has 0 amide bonds. The van der Waals surface area contributed by atoms with E-state index in [0.717, 1.165) is 25.7 Å². The standard InChI is InChI=1S/C84H94BN3S/c1-76(2,3)53-27-24-51(25-28-53)52-26-33-68-65(42-52)83(16)34-20-21-35-84(83,17)88(68)56-44-71-75-72(45-56)87(55-29-31-58-57-22-18-19-23-73(57)89-74(58)46-55)70-50-64-62(80(10,11)39-41-82(64,14)15)48-67(70)85(75)66-47-61-63(81(12,13)40-38-79(61,8)9)49-69(66)86(71)54-30-32-59-60(43-54)78(6,7)37-36-77(59,4)5/h18-19,22-33,42-50H,20-21,34-41H2,1-17H3. The van der Waals surface area contributed by atoms with Crippen molar-refractivity contribution in [3.63, 3.8) is 0 Å². The monoisotopic (exact) mass is 1190 g/mol. The van der Waals surface area contributed by atoms with Crippen molar-refractivity contribution in [1.82, 2.24) is 0 Å². The first-order chi connectivity index (χ1) is 41.9. The van der Waals surface area contributed by atoms with Gasteiger partial charge in [-0.15, -0.1) is 11.3 Å². The topological polar surface area (TPSA) is 9.72 Å². The zero-order valence-electron chi connectivity index (χ0n) is 56.7. The molecule has 16 rings (SSSR count). The molecule has 1 saturated carbocycles. The third-order valence-electron chi connectivity index (χ3n) is 25.2. The lowest BCUT2D eigenvalue weighted by Crippen LogP contribution is -2.62. The van der Waals surface area contributed by atoms with E-state index in [4.69, 9.17) is 0 Å². The van der Waals surface area contributed by atoms with Crippen LogP contribution in [0.15, 0.2) is 140 Å². The third-order valence-corrected chi connectivity index (χ3v) is 26.3. The van der Waals surface area contributed by atoms with Gasteiger partial charge in [0.15, 0.2) is 0 Å². The molecule has 454 valence electrons. The summed E-state index contributed by atoms with van der Waals surface area (Å²) in [6.45, 7) is 42.5. The summed E-state index contributed by atoms with van der Waals surface area (Å²) in [5.41, 5.74) is 29.3. The number of rotatable bonds is 4. The van der Waals surface area contributed by atoms with Crippen LogP contribution in [0.5, 0.6) is 0 Å². The molecular weight excluding hydrogens is 1090 g/mol. The van der Waals surface area contributed by atoms with Crippen molar-refractivity contribution in [2.45, 2.75) is 231 Å². The van der Waals surface area contributed by atoms with Gasteiger partial charge in [0.05, 0.1) is 5.54 Å². The van der Waals surface area contributed by atoms with E-state index < -0.39 is 0 Å². The molecule has 0 spiro atoms. The quantitative estimate of drug-likeness (QED) is 0.163. The van der Waals surface area contributed by atoms with E-state index in [1.54, 1.807) is 0 Å². The summed E-state index contributed by atoms with van der Waals surface area (Å²) >= 11 is 1.94. The number of anilines is 8. The first-order valence-electron chi connectivity index (χ1n) is 34.2. The lowest BCUT2D eigenvalue weighted by Gasteiger charge is -2.52. The van der Waals surface area contributed by atoms with Gasteiger partial charge in [-0.1, -0.05) is 196 Å². The molecule has 1 aromatic heterocycles. The second kappa shape index (κ2) is 18.6. The largest absolute Gasteiger partial charge is 0.334 e. The molecule has 89 heavy (non-hydrogen) atoms. The van der Waals surface area contributed by atoms with E-state index in [1.165, 1.54) is 176 Å². The summed E-state index contributed by atoms with van der Waals surface area (Å²) < 4.78 is 2.68. The van der Waals surface area contributed by atoms with Gasteiger partial charge in [-0.05, 0) is 235 Å². The molecule has 0 radical (unpaired) electrons. The van der Waals surface area contributed by atoms with Gasteiger partial charge in [0.25, 0.3) is 6.71 Å². The lowest BCUT2D eigenvalue weighted by atomic mass is 9.32. The Bertz CT molecular complexity index is 4500. The molecule has 0 bridgehead atoms. The van der Waals surface area contributed by atoms with Crippen LogP contribution in [-0.2, 0) is 43.3 Å². The van der Waals surface area contributed by atoms with Crippen LogP contribution in [0.4, 0.5) is 45.5 Å². The zero-order valence-corrected chi connectivity index (χ0v) is 57.5. The molecule has 9 aromatic rings. The first-order valence-corrected chi connectivity index (χ1v) is 35.0. The molecule has 2 atom stereocenters. The molecule has 1 fully saturated rings. The zero-order chi connectivity index (χ0) is 62.3. The van der Waals surface area contributed by atoms with Crippen LogP contribution in [0.1, 0.15) is 226 Å². The van der Waals surface area contributed by atoms with Gasteiger partial charge in [-0.25, -0.2) is 0 Å². The maximum Gasteiger partial charge on any atom is 0.252 e. The van der Waals surface area contributed by atoms with Gasteiger partial charge in [0.1, 0.15) is 0 Å². The summed E-state index contributed by atoms with van der Waals surface area (Å²) in [5.74, 6) is 0. The molecule has 4 heterocycles. The molecule has 7 aliphatic rings. The van der Waals surface area contributed by atoms with Crippen molar-refractivity contribution in [3.8, 4) is 11.1 Å². The lowest BCUT2D eigenvalue weighted by molar-refractivity contribution is 0.195. The number of nitrogens with zero attached hydrogens (tertiary/aromatic N) is 3. The third kappa shape index (κ3) is 8.20. The Hall–Kier alpha value is -6.56. The fourth-order valence-electron chi connectivity index (χ4n) is 18.8. The van der Waals surface area contributed by atoms with E-state index >= 15 is 0 Å². The summed E-state index contributed by atoms with van der Waals surface area (Å²) in [5, 5.41) is 2.68. The summed E-state index contributed by atoms with van der Waals surface area (Å²) in [7, 11) is 0. The number of hydrogen-bond acceptors (Lipinski definition) is 4. The Morgan fingerprint density at radius 1 is 0.371 bits per heavy atom. The van der Waals surface area contributed by atoms with Crippen molar-refractivity contribution in [1.29, 1.82) is 0 Å². The highest BCUT2D eigenvalue weighted by atomic mass is 32.1. The van der Waals surface area contributed by atoms with Gasteiger partial charge in [-0.3, -0.25) is 0 Å². The van der Waals surface area contributed by atoms with Crippen LogP contribution in [0.2, 0.25) is 0 Å². The Kier molecular flexibility index (Phi) is 12.0. The smallest absolute Gasteiger partial charge is 0.252 e. The molecule has 3 aliphatic heterocycles. The maximum atomic E-state index is 2.89. The number of hydrogen-bond donors (Lipinski definition) is 0. The predicted octanol–water partition coefficient (Wildman–Crippen LogP) is 21.9. The van der Waals surface area contributed by atoms with Crippen molar-refractivity contribution in [2.24, 2.45) is 0 Å². The van der Waals surface area contributed by atoms with Crippen LogP contribution >= 0.6 is 11.3 Å². The van der Waals surface area contributed by atoms with Crippen LogP contribution in [0, 0.1) is 0 Å². The van der Waals surface area contributed by atoms with Crippen LogP contribution in [0.25, 0.3) is 31.3 Å². The molecule has 2 unspecified atom stereocenters. The Balaban J connectivity index is 1.04. The summed E-state index contributed by atoms with van der Waals surface area (Å²) in [6, 6.07) is 57.8. The first kappa shape index (κ1) is 57.6. The van der Waals surface area contributed by atoms with Gasteiger partial charge in [0, 0.05) is 71.1 Å². The fourth-order valence-corrected chi connectivity index (χ4v) is 20.0. The van der Waals surface area contributed by atoms with Crippen LogP contribution in [-0.4, -0.2) is 12.3 Å². The van der Waals surface area contributed by atoms with Gasteiger partial charge >= 0.3 is 0 Å². The SMILES string of the molecule is CC(C)(C)c1ccc(-c2ccc3c(c2)C2(C)CCCCC2(C)N3c2cc3c4c(c2)N(c2ccc5c(c2)sc2ccccc25)c2cc5c(cc2B4c2cc4c(cc2N3c2ccc3c(c2)C(C)(C)CCC3(C)C)C(C)(C)CCC4(C)C)C(C)(C)CCC5(C)C)cc1. The van der Waals surface area contributed by atoms with Crippen molar-refractivity contribution >= 4 is 100 Å². The minimum absolute atomic E-state index is 0.00574. The van der Waals surface area contributed by atoms with E-state index in [9.17, 15) is 0 Å². The van der Waals surface area contributed by atoms with Crippen LogP contribution in [0.3, 0.4) is 0 Å². The molecule has 4 aliphatic carbocycles. The second-order valence-corrected chi connectivity index (χ2v) is 35.5. The van der Waals surface area contributed by atoms with Gasteiger partial charge < -0.3 is 14.7 Å². The Morgan fingerprint density at radius 3 is 1.43 bits per heavy atom. The van der Waals surface area contributed by atoms with E-state index in [-0.39, 0.29) is 55.6 Å². The molecule has 3 nitrogen and oxygen atoms in total. The molecule has 8 aromatic carbocycles. The van der Waals surface area contributed by atoms with Crippen molar-refractivity contribution in [3.05, 3.63) is 184 Å². The Labute approximate surface area is 537 Å². The normalized spacial score (nSPS) is 23.4. The minimum Gasteiger partial charge on any atom is -0.334 e. The molecule has 0 N–H and O–H groups in total. The molecule has 5 heteroatoms. The fraction of sp³-hybridized carbons (Fsp3) is 0.429. The molecular formula is C84H94BN3S. The average Bonchev–Trinajstić information content (AvgIpc) is 1.62. The van der Waals surface area contributed by atoms with Crippen molar-refractivity contribution < 1.29 is 0 Å². The maximum absolute atomic E-state index is 2.89. The van der Waals surface area contributed by atoms with Gasteiger partial charge in [0.2, 0.25) is 0 Å². The van der Waals surface area contributed by atoms with Gasteiger partial charge in [-0.2, -0.15) is 0 Å².